The van der Waals surface area contributed by atoms with Crippen molar-refractivity contribution in [1.82, 2.24) is 9.97 Å². The van der Waals surface area contributed by atoms with Gasteiger partial charge in [0.2, 0.25) is 0 Å². The Morgan fingerprint density at radius 2 is 1.75 bits per heavy atom. The first-order valence-corrected chi connectivity index (χ1v) is 14.0. The van der Waals surface area contributed by atoms with E-state index >= 15 is 0 Å². The molecule has 3 aromatic carbocycles. The lowest BCUT2D eigenvalue weighted by Gasteiger charge is -2.29. The van der Waals surface area contributed by atoms with Gasteiger partial charge in [-0.3, -0.25) is 0 Å². The zero-order chi connectivity index (χ0) is 27.1. The highest BCUT2D eigenvalue weighted by Crippen LogP contribution is 2.46. The van der Waals surface area contributed by atoms with Gasteiger partial charge < -0.3 is 19.7 Å². The lowest BCUT2D eigenvalue weighted by molar-refractivity contribution is 0.0694. The first-order valence-electron chi connectivity index (χ1n) is 14.0. The van der Waals surface area contributed by atoms with E-state index in [1.165, 1.54) is 42.5 Å². The monoisotopic (exact) mass is 529 g/mol. The number of aromatic amines is 1. The van der Waals surface area contributed by atoms with Crippen molar-refractivity contribution in [2.45, 2.75) is 44.1 Å². The van der Waals surface area contributed by atoms with Gasteiger partial charge >= 0.3 is 5.97 Å². The van der Waals surface area contributed by atoms with Gasteiger partial charge in [0, 0.05) is 23.8 Å². The Hall–Kier alpha value is -4.58. The molecule has 1 saturated heterocycles. The summed E-state index contributed by atoms with van der Waals surface area (Å²) in [6.07, 6.45) is 9.12. The molecular weight excluding hydrogens is 498 g/mol. The Morgan fingerprint density at radius 1 is 0.950 bits per heavy atom. The fraction of sp³-hybridized carbons (Fsp3) is 0.235. The third kappa shape index (κ3) is 4.81. The van der Waals surface area contributed by atoms with E-state index in [4.69, 9.17) is 4.74 Å². The minimum absolute atomic E-state index is 0.125. The molecule has 200 valence electrons. The van der Waals surface area contributed by atoms with E-state index in [1.54, 1.807) is 17.8 Å². The van der Waals surface area contributed by atoms with Gasteiger partial charge in [-0.15, -0.1) is 0 Å². The highest BCUT2D eigenvalue weighted by Gasteiger charge is 2.32. The average Bonchev–Trinajstić information content (AvgIpc) is 3.51. The van der Waals surface area contributed by atoms with Crippen LogP contribution in [0.1, 0.15) is 70.3 Å². The molecule has 1 saturated carbocycles. The maximum Gasteiger partial charge on any atom is 0.339 e. The third-order valence-corrected chi connectivity index (χ3v) is 8.18. The molecule has 0 bridgehead atoms. The fourth-order valence-corrected chi connectivity index (χ4v) is 6.06. The molecule has 0 radical (unpaired) electrons. The van der Waals surface area contributed by atoms with Gasteiger partial charge in [0.15, 0.2) is 0 Å². The van der Waals surface area contributed by atoms with Crippen molar-refractivity contribution >= 4 is 22.7 Å². The Labute approximate surface area is 233 Å². The molecular formula is C34H31N3O3. The molecule has 2 aromatic heterocycles. The number of fused-ring (bicyclic) bond motifs is 1. The van der Waals surface area contributed by atoms with Crippen LogP contribution in [0.2, 0.25) is 0 Å². The molecule has 0 spiro atoms. The zero-order valence-electron chi connectivity index (χ0n) is 22.2. The third-order valence-electron chi connectivity index (χ3n) is 8.18. The Morgan fingerprint density at radius 3 is 2.55 bits per heavy atom. The minimum Gasteiger partial charge on any atom is -0.478 e. The van der Waals surface area contributed by atoms with E-state index < -0.39 is 5.97 Å². The molecule has 2 fully saturated rings. The summed E-state index contributed by atoms with van der Waals surface area (Å²) in [6.45, 7) is 1.07. The van der Waals surface area contributed by atoms with Crippen LogP contribution in [0, 0.1) is 0 Å². The van der Waals surface area contributed by atoms with Gasteiger partial charge in [-0.2, -0.15) is 0 Å². The number of carboxylic acid groups (broad SMARTS) is 1. The van der Waals surface area contributed by atoms with Crippen molar-refractivity contribution in [3.05, 3.63) is 119 Å². The molecule has 6 nitrogen and oxygen atoms in total. The van der Waals surface area contributed by atoms with Crippen LogP contribution in [0.5, 0.6) is 11.5 Å². The average molecular weight is 530 g/mol. The van der Waals surface area contributed by atoms with Crippen molar-refractivity contribution in [2.75, 3.05) is 11.4 Å². The minimum atomic E-state index is -1.02. The summed E-state index contributed by atoms with van der Waals surface area (Å²) in [6, 6.07) is 27.4. The number of pyridine rings is 1. The van der Waals surface area contributed by atoms with Crippen molar-refractivity contribution in [2.24, 2.45) is 0 Å². The van der Waals surface area contributed by atoms with Crippen LogP contribution in [-0.4, -0.2) is 27.6 Å². The van der Waals surface area contributed by atoms with E-state index in [0.29, 0.717) is 24.0 Å². The number of anilines is 1. The van der Waals surface area contributed by atoms with Crippen LogP contribution < -0.4 is 9.64 Å². The molecule has 2 N–H and O–H groups in total. The first kappa shape index (κ1) is 24.5. The molecule has 3 heterocycles. The second-order valence-electron chi connectivity index (χ2n) is 10.9. The number of H-pyrrole nitrogens is 1. The van der Waals surface area contributed by atoms with Gasteiger partial charge in [0.05, 0.1) is 12.2 Å². The number of carbonyl (C=O) groups is 1. The molecule has 6 heteroatoms. The smallest absolute Gasteiger partial charge is 0.339 e. The van der Waals surface area contributed by atoms with Crippen LogP contribution in [-0.2, 0) is 6.42 Å². The predicted octanol–water partition coefficient (Wildman–Crippen LogP) is 7.86. The number of nitrogens with zero attached hydrogens (tertiary/aromatic N) is 2. The standard InChI is InChI=1S/C34H31N3O3/c38-34(39)30-14-9-23(19-32(30)40-27-20-25-15-16-35-33(25)36-21-27)18-22-7-12-26(13-8-22)37-17-3-6-31(37)29-5-2-1-4-28(29)24-10-11-24/h1-2,4-5,7-9,12-16,19-21,24,31H,3,6,10-11,17-18H2,(H,35,36)(H,38,39). The molecule has 7 rings (SSSR count). The van der Waals surface area contributed by atoms with E-state index in [1.807, 2.05) is 30.5 Å². The van der Waals surface area contributed by atoms with Gasteiger partial charge in [-0.25, -0.2) is 9.78 Å². The number of carboxylic acids is 1. The summed E-state index contributed by atoms with van der Waals surface area (Å²) < 4.78 is 6.03. The van der Waals surface area contributed by atoms with Gasteiger partial charge in [-0.1, -0.05) is 42.5 Å². The summed E-state index contributed by atoms with van der Waals surface area (Å²) in [5.41, 5.74) is 7.35. The van der Waals surface area contributed by atoms with Gasteiger partial charge in [0.1, 0.15) is 22.7 Å². The highest BCUT2D eigenvalue weighted by atomic mass is 16.5. The largest absolute Gasteiger partial charge is 0.478 e. The van der Waals surface area contributed by atoms with Crippen LogP contribution >= 0.6 is 0 Å². The molecule has 40 heavy (non-hydrogen) atoms. The SMILES string of the molecule is O=C(O)c1ccc(Cc2ccc(N3CCCC3c3ccccc3C3CC3)cc2)cc1Oc1cnc2[nH]ccc2c1. The van der Waals surface area contributed by atoms with Crippen LogP contribution in [0.15, 0.2) is 91.3 Å². The lowest BCUT2D eigenvalue weighted by Crippen LogP contribution is -2.23. The normalized spacial score (nSPS) is 16.9. The number of benzene rings is 3. The second-order valence-corrected chi connectivity index (χ2v) is 10.9. The summed E-state index contributed by atoms with van der Waals surface area (Å²) in [5, 5.41) is 10.7. The van der Waals surface area contributed by atoms with Crippen molar-refractivity contribution in [1.29, 1.82) is 0 Å². The Balaban J connectivity index is 1.10. The summed E-state index contributed by atoms with van der Waals surface area (Å²) in [5.74, 6) is 0.535. The van der Waals surface area contributed by atoms with E-state index in [2.05, 4.69) is 63.4 Å². The van der Waals surface area contributed by atoms with Crippen molar-refractivity contribution < 1.29 is 14.6 Å². The van der Waals surface area contributed by atoms with E-state index in [0.717, 1.165) is 29.1 Å². The van der Waals surface area contributed by atoms with Gasteiger partial charge in [-0.05, 0) is 96.7 Å². The molecule has 1 atom stereocenters. The Kier molecular flexibility index (Phi) is 6.23. The number of aromatic nitrogens is 2. The number of hydrogen-bond acceptors (Lipinski definition) is 4. The van der Waals surface area contributed by atoms with Crippen LogP contribution in [0.25, 0.3) is 11.0 Å². The van der Waals surface area contributed by atoms with E-state index in [9.17, 15) is 9.90 Å². The maximum atomic E-state index is 11.9. The highest BCUT2D eigenvalue weighted by molar-refractivity contribution is 5.91. The second kappa shape index (κ2) is 10.2. The predicted molar refractivity (Wildman–Crippen MR) is 157 cm³/mol. The number of aromatic carboxylic acids is 1. The zero-order valence-corrected chi connectivity index (χ0v) is 22.2. The van der Waals surface area contributed by atoms with Crippen LogP contribution in [0.3, 0.4) is 0 Å². The van der Waals surface area contributed by atoms with Crippen molar-refractivity contribution in [3.63, 3.8) is 0 Å². The molecule has 2 aliphatic rings. The van der Waals surface area contributed by atoms with E-state index in [-0.39, 0.29) is 5.56 Å². The van der Waals surface area contributed by atoms with Crippen LogP contribution in [0.4, 0.5) is 5.69 Å². The molecule has 1 aliphatic heterocycles. The first-order chi connectivity index (χ1) is 19.6. The molecule has 5 aromatic rings. The van der Waals surface area contributed by atoms with Crippen molar-refractivity contribution in [3.8, 4) is 11.5 Å². The maximum absolute atomic E-state index is 11.9. The quantitative estimate of drug-likeness (QED) is 0.214. The summed E-state index contributed by atoms with van der Waals surface area (Å²) in [7, 11) is 0. The summed E-state index contributed by atoms with van der Waals surface area (Å²) in [4.78, 5) is 21.9. The molecule has 0 amide bonds. The Bertz CT molecular complexity index is 1690. The number of hydrogen-bond donors (Lipinski definition) is 2. The lowest BCUT2D eigenvalue weighted by atomic mass is 9.95. The number of nitrogens with one attached hydrogen (secondary N) is 1. The van der Waals surface area contributed by atoms with Gasteiger partial charge in [0.25, 0.3) is 0 Å². The fourth-order valence-electron chi connectivity index (χ4n) is 6.06. The topological polar surface area (TPSA) is 78.4 Å². The summed E-state index contributed by atoms with van der Waals surface area (Å²) >= 11 is 0. The molecule has 1 unspecified atom stereocenters. The molecule has 1 aliphatic carbocycles. The number of rotatable bonds is 8. The number of ether oxygens (including phenoxy) is 1.